The van der Waals surface area contributed by atoms with Crippen LogP contribution in [0.2, 0.25) is 0 Å². The molecule has 2 rings (SSSR count). The van der Waals surface area contributed by atoms with Crippen molar-refractivity contribution < 1.29 is 13.6 Å². The lowest BCUT2D eigenvalue weighted by Gasteiger charge is -2.22. The Morgan fingerprint density at radius 3 is 2.60 bits per heavy atom. The second-order valence-electron chi connectivity index (χ2n) is 5.00. The summed E-state index contributed by atoms with van der Waals surface area (Å²) in [4.78, 5) is 11.7. The fourth-order valence-corrected chi connectivity index (χ4v) is 2.67. The van der Waals surface area contributed by atoms with Gasteiger partial charge >= 0.3 is 0 Å². The minimum absolute atomic E-state index is 0.00973. The van der Waals surface area contributed by atoms with E-state index >= 15 is 0 Å². The molecular formula is C14H17BrF2N2O. The average molecular weight is 347 g/mol. The van der Waals surface area contributed by atoms with Crippen LogP contribution < -0.4 is 10.6 Å². The van der Waals surface area contributed by atoms with Crippen LogP contribution in [0.3, 0.4) is 0 Å². The number of carbonyl (C=O) groups is 1. The van der Waals surface area contributed by atoms with E-state index in [1.165, 1.54) is 6.42 Å². The van der Waals surface area contributed by atoms with Crippen LogP contribution in [0.5, 0.6) is 0 Å². The van der Waals surface area contributed by atoms with Crippen LogP contribution in [-0.2, 0) is 4.79 Å². The maximum Gasteiger partial charge on any atom is 0.239 e. The molecule has 0 unspecified atom stereocenters. The monoisotopic (exact) mass is 346 g/mol. The molecule has 0 saturated heterocycles. The molecule has 1 amide bonds. The van der Waals surface area contributed by atoms with Gasteiger partial charge in [-0.15, -0.1) is 0 Å². The first-order valence-electron chi connectivity index (χ1n) is 6.74. The van der Waals surface area contributed by atoms with Gasteiger partial charge in [-0.3, -0.25) is 4.79 Å². The first-order valence-corrected chi connectivity index (χ1v) is 7.53. The number of hydrogen-bond donors (Lipinski definition) is 2. The Labute approximate surface area is 125 Å². The van der Waals surface area contributed by atoms with Crippen molar-refractivity contribution in [1.29, 1.82) is 0 Å². The van der Waals surface area contributed by atoms with Crippen LogP contribution >= 0.6 is 15.9 Å². The highest BCUT2D eigenvalue weighted by molar-refractivity contribution is 9.10. The highest BCUT2D eigenvalue weighted by atomic mass is 79.9. The molecule has 1 aliphatic carbocycles. The third-order valence-corrected chi connectivity index (χ3v) is 4.03. The smallest absolute Gasteiger partial charge is 0.239 e. The Morgan fingerprint density at radius 1 is 1.20 bits per heavy atom. The highest BCUT2D eigenvalue weighted by Crippen LogP contribution is 2.23. The fourth-order valence-electron chi connectivity index (χ4n) is 2.36. The van der Waals surface area contributed by atoms with Gasteiger partial charge in [0.1, 0.15) is 11.6 Å². The lowest BCUT2D eigenvalue weighted by molar-refractivity contribution is -0.120. The lowest BCUT2D eigenvalue weighted by Crippen LogP contribution is -2.39. The summed E-state index contributed by atoms with van der Waals surface area (Å²) in [6.45, 7) is -0.0610. The van der Waals surface area contributed by atoms with E-state index in [1.54, 1.807) is 0 Å². The zero-order chi connectivity index (χ0) is 14.5. The quantitative estimate of drug-likeness (QED) is 0.818. The third-order valence-electron chi connectivity index (χ3n) is 3.42. The van der Waals surface area contributed by atoms with Gasteiger partial charge in [-0.05, 0) is 34.8 Å². The lowest BCUT2D eigenvalue weighted by atomic mass is 9.95. The number of hydrogen-bond acceptors (Lipinski definition) is 2. The molecule has 3 nitrogen and oxygen atoms in total. The molecule has 1 aromatic carbocycles. The summed E-state index contributed by atoms with van der Waals surface area (Å²) in [6.07, 6.45) is 5.46. The molecule has 1 saturated carbocycles. The van der Waals surface area contributed by atoms with Gasteiger partial charge in [0.05, 0.1) is 16.7 Å². The summed E-state index contributed by atoms with van der Waals surface area (Å²) >= 11 is 2.90. The van der Waals surface area contributed by atoms with Crippen molar-refractivity contribution in [2.45, 2.75) is 38.1 Å². The molecule has 2 N–H and O–H groups in total. The van der Waals surface area contributed by atoms with Crippen LogP contribution in [0.1, 0.15) is 32.1 Å². The van der Waals surface area contributed by atoms with Crippen molar-refractivity contribution in [2.75, 3.05) is 11.9 Å². The molecule has 0 spiro atoms. The van der Waals surface area contributed by atoms with Crippen molar-refractivity contribution in [2.24, 2.45) is 0 Å². The van der Waals surface area contributed by atoms with Crippen LogP contribution in [0.4, 0.5) is 14.5 Å². The minimum atomic E-state index is -0.594. The number of amides is 1. The number of anilines is 1. The fraction of sp³-hybridized carbons (Fsp3) is 0.500. The second kappa shape index (κ2) is 7.02. The van der Waals surface area contributed by atoms with Crippen molar-refractivity contribution in [3.8, 4) is 0 Å². The highest BCUT2D eigenvalue weighted by Gasteiger charge is 2.16. The molecule has 20 heavy (non-hydrogen) atoms. The molecule has 0 bridgehead atoms. The van der Waals surface area contributed by atoms with E-state index in [0.717, 1.165) is 37.8 Å². The topological polar surface area (TPSA) is 41.1 Å². The Balaban J connectivity index is 1.85. The van der Waals surface area contributed by atoms with Gasteiger partial charge in [-0.2, -0.15) is 0 Å². The number of nitrogens with one attached hydrogen (secondary N) is 2. The first kappa shape index (κ1) is 15.2. The molecular weight excluding hydrogens is 330 g/mol. The Kier molecular flexibility index (Phi) is 5.34. The normalized spacial score (nSPS) is 15.9. The summed E-state index contributed by atoms with van der Waals surface area (Å²) in [6, 6.07) is 2.29. The SMILES string of the molecule is O=C(CNc1cc(F)c(Br)cc1F)NC1CCCCC1. The summed E-state index contributed by atoms with van der Waals surface area (Å²) in [5, 5.41) is 5.53. The minimum Gasteiger partial charge on any atom is -0.374 e. The first-order chi connectivity index (χ1) is 9.56. The molecule has 0 radical (unpaired) electrons. The molecule has 0 atom stereocenters. The predicted molar refractivity (Wildman–Crippen MR) is 77.6 cm³/mol. The molecule has 6 heteroatoms. The van der Waals surface area contributed by atoms with E-state index in [0.29, 0.717) is 0 Å². The summed E-state index contributed by atoms with van der Waals surface area (Å²) in [5.41, 5.74) is -0.00973. The van der Waals surface area contributed by atoms with Gasteiger partial charge < -0.3 is 10.6 Å². The zero-order valence-corrected chi connectivity index (χ0v) is 12.6. The Hall–Kier alpha value is -1.17. The summed E-state index contributed by atoms with van der Waals surface area (Å²) in [5.74, 6) is -1.36. The van der Waals surface area contributed by atoms with Crippen molar-refractivity contribution in [3.63, 3.8) is 0 Å². The van der Waals surface area contributed by atoms with Gasteiger partial charge in [0.15, 0.2) is 0 Å². The van der Waals surface area contributed by atoms with Crippen LogP contribution in [0.25, 0.3) is 0 Å². The molecule has 110 valence electrons. The van der Waals surface area contributed by atoms with Crippen LogP contribution in [-0.4, -0.2) is 18.5 Å². The van der Waals surface area contributed by atoms with Gasteiger partial charge in [-0.1, -0.05) is 19.3 Å². The molecule has 1 fully saturated rings. The van der Waals surface area contributed by atoms with E-state index in [2.05, 4.69) is 26.6 Å². The van der Waals surface area contributed by atoms with Gasteiger partial charge in [0.25, 0.3) is 0 Å². The van der Waals surface area contributed by atoms with E-state index < -0.39 is 11.6 Å². The molecule has 1 aliphatic rings. The summed E-state index contributed by atoms with van der Waals surface area (Å²) < 4.78 is 26.9. The van der Waals surface area contributed by atoms with E-state index in [4.69, 9.17) is 0 Å². The van der Waals surface area contributed by atoms with Gasteiger partial charge in [-0.25, -0.2) is 8.78 Å². The van der Waals surface area contributed by atoms with Crippen LogP contribution in [0.15, 0.2) is 16.6 Å². The maximum absolute atomic E-state index is 13.5. The van der Waals surface area contributed by atoms with Gasteiger partial charge in [0, 0.05) is 12.1 Å². The molecule has 1 aromatic rings. The van der Waals surface area contributed by atoms with Gasteiger partial charge in [0.2, 0.25) is 5.91 Å². The van der Waals surface area contributed by atoms with E-state index in [-0.39, 0.29) is 28.7 Å². The molecule has 0 heterocycles. The van der Waals surface area contributed by atoms with Crippen molar-refractivity contribution >= 4 is 27.5 Å². The standard InChI is InChI=1S/C14H17BrF2N2O/c15-10-6-12(17)13(7-11(10)16)18-8-14(20)19-9-4-2-1-3-5-9/h6-7,9,18H,1-5,8H2,(H,19,20). The van der Waals surface area contributed by atoms with Crippen LogP contribution in [0, 0.1) is 11.6 Å². The van der Waals surface area contributed by atoms with Crippen molar-refractivity contribution in [1.82, 2.24) is 5.32 Å². The van der Waals surface area contributed by atoms with E-state index in [9.17, 15) is 13.6 Å². The summed E-state index contributed by atoms with van der Waals surface area (Å²) in [7, 11) is 0. The number of benzene rings is 1. The Bertz CT molecular complexity index is 490. The predicted octanol–water partition coefficient (Wildman–Crippen LogP) is 3.59. The number of carbonyl (C=O) groups excluding carboxylic acids is 1. The number of rotatable bonds is 4. The third kappa shape index (κ3) is 4.16. The van der Waals surface area contributed by atoms with Crippen molar-refractivity contribution in [3.05, 3.63) is 28.2 Å². The molecule has 0 aliphatic heterocycles. The Morgan fingerprint density at radius 2 is 1.90 bits per heavy atom. The molecule has 0 aromatic heterocycles. The second-order valence-corrected chi connectivity index (χ2v) is 5.86. The number of halogens is 3. The average Bonchev–Trinajstić information content (AvgIpc) is 2.42. The zero-order valence-electron chi connectivity index (χ0n) is 11.0. The van der Waals surface area contributed by atoms with E-state index in [1.807, 2.05) is 0 Å². The maximum atomic E-state index is 13.5. The largest absolute Gasteiger partial charge is 0.374 e.